The molecule has 0 atom stereocenters. The minimum Gasteiger partial charge on any atom is -0.313 e. The highest BCUT2D eigenvalue weighted by molar-refractivity contribution is 7.14. The van der Waals surface area contributed by atoms with E-state index in [1.54, 1.807) is 34.8 Å². The van der Waals surface area contributed by atoms with E-state index in [4.69, 9.17) is 4.99 Å². The number of aromatic nitrogens is 1. The molecule has 3 rings (SSSR count). The Bertz CT molecular complexity index is 810. The van der Waals surface area contributed by atoms with Gasteiger partial charge in [-0.3, -0.25) is 0 Å². The number of rotatable bonds is 5. The molecule has 0 amide bonds. The summed E-state index contributed by atoms with van der Waals surface area (Å²) in [5.41, 5.74) is 2.00. The maximum Gasteiger partial charge on any atom is 0.190 e. The van der Waals surface area contributed by atoms with Crippen molar-refractivity contribution in [3.63, 3.8) is 0 Å². The Hall–Kier alpha value is -1.72. The van der Waals surface area contributed by atoms with E-state index in [1.807, 2.05) is 0 Å². The summed E-state index contributed by atoms with van der Waals surface area (Å²) in [4.78, 5) is 6.97. The Morgan fingerprint density at radius 3 is 2.43 bits per heavy atom. The summed E-state index contributed by atoms with van der Waals surface area (Å²) in [5, 5.41) is 4.27. The second-order valence-electron chi connectivity index (χ2n) is 5.31. The molecular weight excluding hydrogens is 327 g/mol. The maximum absolute atomic E-state index is 13.1. The van der Waals surface area contributed by atoms with Crippen LogP contribution in [-0.2, 0) is 0 Å². The normalized spacial score (nSPS) is 12.3. The summed E-state index contributed by atoms with van der Waals surface area (Å²) >= 11 is 3.39. The van der Waals surface area contributed by atoms with Crippen LogP contribution in [0.5, 0.6) is 0 Å². The molecule has 2 heterocycles. The maximum atomic E-state index is 13.1. The van der Waals surface area contributed by atoms with Crippen molar-refractivity contribution in [3.05, 3.63) is 57.8 Å². The van der Waals surface area contributed by atoms with Gasteiger partial charge in [0.2, 0.25) is 0 Å². The number of hydrogen-bond acceptors (Lipinski definition) is 3. The third-order valence-electron chi connectivity index (χ3n) is 3.87. The lowest BCUT2D eigenvalue weighted by Crippen LogP contribution is -2.20. The molecule has 0 saturated heterocycles. The Labute approximate surface area is 143 Å². The minimum atomic E-state index is -0.234. The molecule has 2 nitrogen and oxygen atoms in total. The summed E-state index contributed by atoms with van der Waals surface area (Å²) in [7, 11) is 0. The predicted octanol–water partition coefficient (Wildman–Crippen LogP) is 6.01. The summed E-state index contributed by atoms with van der Waals surface area (Å²) in [5.74, 6) is -0.234. The van der Waals surface area contributed by atoms with Gasteiger partial charge in [0.05, 0.1) is 16.3 Å². The van der Waals surface area contributed by atoms with E-state index in [1.165, 1.54) is 22.7 Å². The lowest BCUT2D eigenvalue weighted by molar-refractivity contribution is 0.467. The van der Waals surface area contributed by atoms with Crippen molar-refractivity contribution in [2.75, 3.05) is 0 Å². The molecule has 23 heavy (non-hydrogen) atoms. The van der Waals surface area contributed by atoms with Gasteiger partial charge in [0.15, 0.2) is 4.80 Å². The smallest absolute Gasteiger partial charge is 0.190 e. The Morgan fingerprint density at radius 1 is 1.09 bits per heavy atom. The first-order chi connectivity index (χ1) is 11.2. The zero-order valence-corrected chi connectivity index (χ0v) is 14.8. The topological polar surface area (TPSA) is 17.3 Å². The van der Waals surface area contributed by atoms with Gasteiger partial charge in [0.25, 0.3) is 0 Å². The molecule has 3 aromatic rings. The minimum absolute atomic E-state index is 0.234. The van der Waals surface area contributed by atoms with Gasteiger partial charge in [-0.2, -0.15) is 0 Å². The fraction of sp³-hybridized carbons (Fsp3) is 0.278. The summed E-state index contributed by atoms with van der Waals surface area (Å²) in [6.45, 7) is 4.41. The largest absolute Gasteiger partial charge is 0.313 e. The van der Waals surface area contributed by atoms with Gasteiger partial charge in [-0.1, -0.05) is 19.9 Å². The molecule has 1 aromatic carbocycles. The SMILES string of the molecule is CCC(CC)n1c(-c2cccs2)csc1=Nc1ccc(F)cc1. The van der Waals surface area contributed by atoms with Crippen molar-refractivity contribution in [1.29, 1.82) is 0 Å². The van der Waals surface area contributed by atoms with Crippen molar-refractivity contribution in [2.24, 2.45) is 4.99 Å². The lowest BCUT2D eigenvalue weighted by atomic mass is 10.1. The predicted molar refractivity (Wildman–Crippen MR) is 96.9 cm³/mol. The van der Waals surface area contributed by atoms with Crippen LogP contribution in [-0.4, -0.2) is 4.57 Å². The fourth-order valence-corrected chi connectivity index (χ4v) is 4.43. The van der Waals surface area contributed by atoms with Crippen molar-refractivity contribution in [2.45, 2.75) is 32.7 Å². The van der Waals surface area contributed by atoms with Crippen LogP contribution in [0.25, 0.3) is 10.6 Å². The van der Waals surface area contributed by atoms with E-state index >= 15 is 0 Å². The number of nitrogens with zero attached hydrogens (tertiary/aromatic N) is 2. The highest BCUT2D eigenvalue weighted by Crippen LogP contribution is 2.29. The van der Waals surface area contributed by atoms with Crippen molar-refractivity contribution in [3.8, 4) is 10.6 Å². The molecule has 0 aliphatic carbocycles. The number of benzene rings is 1. The average molecular weight is 346 g/mol. The zero-order valence-electron chi connectivity index (χ0n) is 13.2. The van der Waals surface area contributed by atoms with E-state index in [0.717, 1.165) is 23.3 Å². The molecule has 0 spiro atoms. The first kappa shape index (κ1) is 16.1. The van der Waals surface area contributed by atoms with Gasteiger partial charge in [0, 0.05) is 11.4 Å². The monoisotopic (exact) mass is 346 g/mol. The second kappa shape index (κ2) is 7.23. The van der Waals surface area contributed by atoms with Gasteiger partial charge in [0.1, 0.15) is 5.82 Å². The molecule has 0 fully saturated rings. The van der Waals surface area contributed by atoms with Crippen LogP contribution in [0.4, 0.5) is 10.1 Å². The van der Waals surface area contributed by atoms with Crippen molar-refractivity contribution >= 4 is 28.4 Å². The van der Waals surface area contributed by atoms with Crippen molar-refractivity contribution < 1.29 is 4.39 Å². The molecule has 0 aliphatic rings. The third kappa shape index (κ3) is 3.46. The number of thiazole rings is 1. The lowest BCUT2D eigenvalue weighted by Gasteiger charge is -2.17. The Balaban J connectivity index is 2.15. The Morgan fingerprint density at radius 2 is 1.83 bits per heavy atom. The van der Waals surface area contributed by atoms with Crippen LogP contribution in [0.15, 0.2) is 52.2 Å². The van der Waals surface area contributed by atoms with Crippen LogP contribution in [0.2, 0.25) is 0 Å². The van der Waals surface area contributed by atoms with Gasteiger partial charge < -0.3 is 4.57 Å². The summed E-state index contributed by atoms with van der Waals surface area (Å²) < 4.78 is 15.4. The molecule has 0 radical (unpaired) electrons. The molecule has 5 heteroatoms. The van der Waals surface area contributed by atoms with E-state index in [9.17, 15) is 4.39 Å². The first-order valence-electron chi connectivity index (χ1n) is 7.77. The van der Waals surface area contributed by atoms with Gasteiger partial charge in [-0.15, -0.1) is 22.7 Å². The molecule has 120 valence electrons. The number of halogens is 1. The van der Waals surface area contributed by atoms with Crippen LogP contribution in [0, 0.1) is 5.82 Å². The van der Waals surface area contributed by atoms with Crippen LogP contribution in [0.1, 0.15) is 32.7 Å². The number of hydrogen-bond donors (Lipinski definition) is 0. The molecular formula is C18H19FN2S2. The summed E-state index contributed by atoms with van der Waals surface area (Å²) in [6.07, 6.45) is 2.12. The molecule has 0 N–H and O–H groups in total. The Kier molecular flexibility index (Phi) is 5.08. The van der Waals surface area contributed by atoms with Gasteiger partial charge in [-0.25, -0.2) is 9.38 Å². The third-order valence-corrected chi connectivity index (χ3v) is 5.61. The van der Waals surface area contributed by atoms with E-state index < -0.39 is 0 Å². The van der Waals surface area contributed by atoms with E-state index in [-0.39, 0.29) is 5.82 Å². The van der Waals surface area contributed by atoms with Crippen LogP contribution in [0.3, 0.4) is 0 Å². The van der Waals surface area contributed by atoms with Crippen molar-refractivity contribution in [1.82, 2.24) is 4.57 Å². The molecule has 0 aliphatic heterocycles. The van der Waals surface area contributed by atoms with Crippen LogP contribution >= 0.6 is 22.7 Å². The van der Waals surface area contributed by atoms with Crippen LogP contribution < -0.4 is 4.80 Å². The van der Waals surface area contributed by atoms with E-state index in [0.29, 0.717) is 6.04 Å². The highest BCUT2D eigenvalue weighted by atomic mass is 32.1. The molecule has 2 aromatic heterocycles. The first-order valence-corrected chi connectivity index (χ1v) is 9.53. The standard InChI is InChI=1S/C18H19FN2S2/c1-3-15(4-2)21-16(17-6-5-11-22-17)12-23-18(21)20-14-9-7-13(19)8-10-14/h5-12,15H,3-4H2,1-2H3. The number of thiophene rings is 1. The van der Waals surface area contributed by atoms with Gasteiger partial charge >= 0.3 is 0 Å². The summed E-state index contributed by atoms with van der Waals surface area (Å²) in [6, 6.07) is 11.0. The highest BCUT2D eigenvalue weighted by Gasteiger charge is 2.15. The molecule has 0 unspecified atom stereocenters. The zero-order chi connectivity index (χ0) is 16.2. The average Bonchev–Trinajstić information content (AvgIpc) is 3.21. The second-order valence-corrected chi connectivity index (χ2v) is 7.09. The quantitative estimate of drug-likeness (QED) is 0.538. The molecule has 0 bridgehead atoms. The fourth-order valence-electron chi connectivity index (χ4n) is 2.64. The van der Waals surface area contributed by atoms with Gasteiger partial charge in [-0.05, 0) is 48.6 Å². The van der Waals surface area contributed by atoms with E-state index in [2.05, 4.69) is 41.3 Å². The molecule has 0 saturated carbocycles.